The summed E-state index contributed by atoms with van der Waals surface area (Å²) in [4.78, 5) is 44.2. The number of nitrogens with zero attached hydrogens (tertiary/aromatic N) is 3. The number of pyridine rings is 1. The monoisotopic (exact) mass is 483 g/mol. The lowest BCUT2D eigenvalue weighted by Gasteiger charge is -2.12. The van der Waals surface area contributed by atoms with Crippen molar-refractivity contribution in [1.82, 2.24) is 14.3 Å². The molecule has 1 amide bonds. The van der Waals surface area contributed by atoms with E-state index in [4.69, 9.17) is 17.3 Å². The number of aromatic nitrogens is 2. The molecule has 0 saturated carbocycles. The highest BCUT2D eigenvalue weighted by atomic mass is 32.2. The number of thioether (sulfide) groups is 1. The second-order valence-electron chi connectivity index (χ2n) is 6.96. The average molecular weight is 484 g/mol. The molecule has 0 unspecified atom stereocenters. The van der Waals surface area contributed by atoms with E-state index < -0.39 is 11.9 Å². The van der Waals surface area contributed by atoms with Gasteiger partial charge >= 0.3 is 5.97 Å². The summed E-state index contributed by atoms with van der Waals surface area (Å²) >= 11 is 7.64. The van der Waals surface area contributed by atoms with Gasteiger partial charge in [-0.25, -0.2) is 4.98 Å². The second-order valence-corrected chi connectivity index (χ2v) is 9.70. The molecule has 0 bridgehead atoms. The van der Waals surface area contributed by atoms with Crippen LogP contribution in [-0.2, 0) is 9.59 Å². The van der Waals surface area contributed by atoms with E-state index in [1.165, 1.54) is 27.1 Å². The van der Waals surface area contributed by atoms with Crippen LogP contribution in [0.2, 0.25) is 0 Å². The number of hydrogen-bond acceptors (Lipinski definition) is 7. The van der Waals surface area contributed by atoms with Crippen molar-refractivity contribution < 1.29 is 14.7 Å². The smallest absolute Gasteiger partial charge is 0.305 e. The molecule has 4 rings (SSSR count). The lowest BCUT2D eigenvalue weighted by Crippen LogP contribution is -2.30. The molecular formula is C22H17N3O4S3. The maximum atomic E-state index is 13.4. The molecule has 1 N–H and O–H groups in total. The van der Waals surface area contributed by atoms with E-state index in [0.29, 0.717) is 10.7 Å². The van der Waals surface area contributed by atoms with Crippen molar-refractivity contribution in [2.75, 3.05) is 6.54 Å². The van der Waals surface area contributed by atoms with Crippen LogP contribution in [-0.4, -0.2) is 42.1 Å². The third-order valence-corrected chi connectivity index (χ3v) is 7.02. The number of thiocarbonyl (C=S) groups is 1. The van der Waals surface area contributed by atoms with Crippen molar-refractivity contribution in [2.45, 2.75) is 23.3 Å². The van der Waals surface area contributed by atoms with Crippen molar-refractivity contribution in [2.24, 2.45) is 0 Å². The highest BCUT2D eigenvalue weighted by Gasteiger charge is 2.32. The Morgan fingerprint density at radius 2 is 1.97 bits per heavy atom. The fourth-order valence-electron chi connectivity index (χ4n) is 3.07. The molecule has 0 atom stereocenters. The molecule has 1 aromatic carbocycles. The Balaban J connectivity index is 1.81. The van der Waals surface area contributed by atoms with Gasteiger partial charge in [-0.05, 0) is 36.8 Å². The van der Waals surface area contributed by atoms with Crippen LogP contribution in [0.3, 0.4) is 0 Å². The Hall–Kier alpha value is -2.95. The summed E-state index contributed by atoms with van der Waals surface area (Å²) in [5.41, 5.74) is 1.38. The Morgan fingerprint density at radius 1 is 1.22 bits per heavy atom. The zero-order chi connectivity index (χ0) is 22.8. The molecule has 2 aromatic heterocycles. The molecule has 162 valence electrons. The van der Waals surface area contributed by atoms with E-state index in [1.807, 2.05) is 43.3 Å². The lowest BCUT2D eigenvalue weighted by atomic mass is 10.2. The van der Waals surface area contributed by atoms with Crippen LogP contribution in [0.25, 0.3) is 11.7 Å². The van der Waals surface area contributed by atoms with Gasteiger partial charge in [0.25, 0.3) is 11.5 Å². The molecule has 7 nitrogen and oxygen atoms in total. The first-order valence-electron chi connectivity index (χ1n) is 9.56. The minimum atomic E-state index is -1.02. The maximum absolute atomic E-state index is 13.4. The molecule has 1 aliphatic rings. The second kappa shape index (κ2) is 9.27. The molecule has 0 aliphatic carbocycles. The molecule has 10 heteroatoms. The number of fused-ring (bicyclic) bond motifs is 1. The van der Waals surface area contributed by atoms with Gasteiger partial charge < -0.3 is 5.11 Å². The van der Waals surface area contributed by atoms with Crippen LogP contribution < -0.4 is 5.56 Å². The van der Waals surface area contributed by atoms with E-state index in [-0.39, 0.29) is 33.3 Å². The third kappa shape index (κ3) is 4.62. The standard InChI is InChI=1S/C22H17N3O4S3/c1-13-7-8-17-23-19(31-14-5-3-2-4-6-14)15(20(28)25(17)12-13)11-16-21(29)24(22(30)32-16)10-9-18(26)27/h2-8,11-12H,9-10H2,1H3,(H,26,27)/b16-11+. The Bertz CT molecular complexity index is 1340. The van der Waals surface area contributed by atoms with E-state index in [9.17, 15) is 14.4 Å². The summed E-state index contributed by atoms with van der Waals surface area (Å²) in [5, 5.41) is 9.40. The zero-order valence-electron chi connectivity index (χ0n) is 16.8. The van der Waals surface area contributed by atoms with Crippen molar-refractivity contribution >= 4 is 63.7 Å². The van der Waals surface area contributed by atoms with E-state index >= 15 is 0 Å². The van der Waals surface area contributed by atoms with Gasteiger partial charge in [0, 0.05) is 17.6 Å². The van der Waals surface area contributed by atoms with Crippen molar-refractivity contribution in [1.29, 1.82) is 0 Å². The number of carboxylic acids is 1. The number of hydrogen-bond donors (Lipinski definition) is 1. The third-order valence-electron chi connectivity index (χ3n) is 4.63. The van der Waals surface area contributed by atoms with Gasteiger partial charge in [-0.3, -0.25) is 23.7 Å². The van der Waals surface area contributed by atoms with Crippen LogP contribution in [0.1, 0.15) is 17.5 Å². The Kier molecular flexibility index (Phi) is 6.45. The number of carbonyl (C=O) groups is 2. The molecule has 32 heavy (non-hydrogen) atoms. The summed E-state index contributed by atoms with van der Waals surface area (Å²) in [6, 6.07) is 13.2. The van der Waals surface area contributed by atoms with E-state index in [0.717, 1.165) is 22.2 Å². The number of rotatable bonds is 6. The number of aliphatic carboxylic acids is 1. The van der Waals surface area contributed by atoms with E-state index in [1.54, 1.807) is 12.3 Å². The van der Waals surface area contributed by atoms with Crippen molar-refractivity contribution in [3.8, 4) is 0 Å². The Morgan fingerprint density at radius 3 is 2.69 bits per heavy atom. The van der Waals surface area contributed by atoms with Gasteiger partial charge in [-0.15, -0.1) is 0 Å². The fourth-order valence-corrected chi connectivity index (χ4v) is 5.27. The number of benzene rings is 1. The molecule has 3 aromatic rings. The van der Waals surface area contributed by atoms with Gasteiger partial charge in [0.1, 0.15) is 15.0 Å². The first-order chi connectivity index (χ1) is 15.3. The normalized spacial score (nSPS) is 15.2. The van der Waals surface area contributed by atoms with Crippen LogP contribution in [0.4, 0.5) is 0 Å². The number of carbonyl (C=O) groups excluding carboxylic acids is 1. The van der Waals surface area contributed by atoms with Crippen molar-refractivity contribution in [3.05, 3.63) is 75.0 Å². The van der Waals surface area contributed by atoms with Crippen LogP contribution >= 0.6 is 35.7 Å². The molecule has 0 radical (unpaired) electrons. The largest absolute Gasteiger partial charge is 0.481 e. The number of carboxylic acid groups (broad SMARTS) is 1. The highest BCUT2D eigenvalue weighted by Crippen LogP contribution is 2.35. The summed E-state index contributed by atoms with van der Waals surface area (Å²) in [6.45, 7) is 1.86. The number of amides is 1. The molecule has 1 aliphatic heterocycles. The molecule has 1 fully saturated rings. The first kappa shape index (κ1) is 22.3. The van der Waals surface area contributed by atoms with E-state index in [2.05, 4.69) is 4.98 Å². The summed E-state index contributed by atoms with van der Waals surface area (Å²) in [6.07, 6.45) is 3.00. The summed E-state index contributed by atoms with van der Waals surface area (Å²) < 4.78 is 1.73. The first-order valence-corrected chi connectivity index (χ1v) is 11.6. The predicted octanol–water partition coefficient (Wildman–Crippen LogP) is 3.83. The molecule has 1 saturated heterocycles. The predicted molar refractivity (Wildman–Crippen MR) is 129 cm³/mol. The lowest BCUT2D eigenvalue weighted by molar-refractivity contribution is -0.137. The quantitative estimate of drug-likeness (QED) is 0.321. The van der Waals surface area contributed by atoms with Gasteiger partial charge in [0.15, 0.2) is 0 Å². The highest BCUT2D eigenvalue weighted by molar-refractivity contribution is 8.26. The topological polar surface area (TPSA) is 92.0 Å². The van der Waals surface area contributed by atoms with Gasteiger partial charge in [-0.1, -0.05) is 60.0 Å². The van der Waals surface area contributed by atoms with Gasteiger partial charge in [0.2, 0.25) is 0 Å². The minimum Gasteiger partial charge on any atom is -0.481 e. The van der Waals surface area contributed by atoms with Crippen LogP contribution in [0.15, 0.2) is 68.3 Å². The van der Waals surface area contributed by atoms with Crippen molar-refractivity contribution in [3.63, 3.8) is 0 Å². The molecule has 0 spiro atoms. The fraction of sp³-hybridized carbons (Fsp3) is 0.136. The van der Waals surface area contributed by atoms with Crippen LogP contribution in [0, 0.1) is 6.92 Å². The SMILES string of the molecule is Cc1ccc2nc(Sc3ccccc3)c(/C=C3/SC(=S)N(CCC(=O)O)C3=O)c(=O)n2c1. The molecular weight excluding hydrogens is 466 g/mol. The summed E-state index contributed by atoms with van der Waals surface area (Å²) in [7, 11) is 0. The van der Waals surface area contributed by atoms with Crippen LogP contribution in [0.5, 0.6) is 0 Å². The maximum Gasteiger partial charge on any atom is 0.305 e. The molecule has 3 heterocycles. The number of aryl methyl sites for hydroxylation is 1. The summed E-state index contributed by atoms with van der Waals surface area (Å²) in [5.74, 6) is -1.43. The van der Waals surface area contributed by atoms with Gasteiger partial charge in [0.05, 0.1) is 16.9 Å². The average Bonchev–Trinajstić information content (AvgIpc) is 3.03. The zero-order valence-corrected chi connectivity index (χ0v) is 19.3. The Labute approximate surface area is 197 Å². The minimum absolute atomic E-state index is 0.0168. The van der Waals surface area contributed by atoms with Gasteiger partial charge in [-0.2, -0.15) is 0 Å².